The molecule has 1 aromatic carbocycles. The summed E-state index contributed by atoms with van der Waals surface area (Å²) in [4.78, 5) is 18.9. The monoisotopic (exact) mass is 357 g/mol. The van der Waals surface area contributed by atoms with Gasteiger partial charge < -0.3 is 9.84 Å². The first-order chi connectivity index (χ1) is 12.5. The van der Waals surface area contributed by atoms with Crippen LogP contribution in [0.25, 0.3) is 0 Å². The number of aliphatic hydroxyl groups is 1. The van der Waals surface area contributed by atoms with Crippen molar-refractivity contribution in [3.63, 3.8) is 0 Å². The van der Waals surface area contributed by atoms with E-state index in [0.29, 0.717) is 26.1 Å². The van der Waals surface area contributed by atoms with Gasteiger partial charge in [-0.1, -0.05) is 6.07 Å². The topological polar surface area (TPSA) is 67.6 Å². The summed E-state index contributed by atoms with van der Waals surface area (Å²) in [6, 6.07) is 6.03. The van der Waals surface area contributed by atoms with E-state index in [-0.39, 0.29) is 12.2 Å². The SMILES string of the molecule is CCn1cnc2c(c1=O)CCN(C[C@@H](O)COc1cc(C)cc(C)c1)C2. The molecule has 0 bridgehead atoms. The molecule has 2 heterocycles. The van der Waals surface area contributed by atoms with Crippen molar-refractivity contribution in [2.45, 2.75) is 46.4 Å². The van der Waals surface area contributed by atoms with Gasteiger partial charge in [-0.25, -0.2) is 4.98 Å². The summed E-state index contributed by atoms with van der Waals surface area (Å²) in [5.74, 6) is 0.785. The third-order valence-corrected chi connectivity index (χ3v) is 4.72. The number of hydrogen-bond donors (Lipinski definition) is 1. The number of β-amino-alcohol motifs (C(OH)–C–C–N with tert-alkyl or cyclic N) is 1. The van der Waals surface area contributed by atoms with E-state index in [2.05, 4.69) is 16.0 Å². The van der Waals surface area contributed by atoms with E-state index in [1.54, 1.807) is 10.9 Å². The zero-order valence-corrected chi connectivity index (χ0v) is 15.7. The molecule has 2 aromatic rings. The standard InChI is InChI=1S/C20H27N3O3/c1-4-23-13-21-19-11-22(6-5-18(19)20(23)25)10-16(24)12-26-17-8-14(2)7-15(3)9-17/h7-9,13,16,24H,4-6,10-12H2,1-3H3/t16-/m1/s1. The van der Waals surface area contributed by atoms with Crippen molar-refractivity contribution in [1.29, 1.82) is 0 Å². The Kier molecular flexibility index (Phi) is 5.74. The lowest BCUT2D eigenvalue weighted by atomic mass is 10.1. The van der Waals surface area contributed by atoms with Crippen LogP contribution in [0.2, 0.25) is 0 Å². The predicted molar refractivity (Wildman–Crippen MR) is 101 cm³/mol. The van der Waals surface area contributed by atoms with Crippen molar-refractivity contribution >= 4 is 0 Å². The van der Waals surface area contributed by atoms with Gasteiger partial charge in [0.1, 0.15) is 18.5 Å². The predicted octanol–water partition coefficient (Wildman–Crippen LogP) is 1.68. The third-order valence-electron chi connectivity index (χ3n) is 4.72. The molecule has 0 fully saturated rings. The molecule has 0 amide bonds. The van der Waals surface area contributed by atoms with E-state index < -0.39 is 6.10 Å². The second-order valence-electron chi connectivity index (χ2n) is 7.03. The lowest BCUT2D eigenvalue weighted by Crippen LogP contribution is -2.41. The zero-order valence-electron chi connectivity index (χ0n) is 15.7. The molecule has 3 rings (SSSR count). The van der Waals surface area contributed by atoms with Crippen molar-refractivity contribution in [3.05, 3.63) is 57.3 Å². The first-order valence-electron chi connectivity index (χ1n) is 9.15. The van der Waals surface area contributed by atoms with Crippen molar-refractivity contribution in [3.8, 4) is 5.75 Å². The van der Waals surface area contributed by atoms with Crippen LogP contribution in [-0.2, 0) is 19.5 Å². The lowest BCUT2D eigenvalue weighted by Gasteiger charge is -2.29. The van der Waals surface area contributed by atoms with Gasteiger partial charge in [0.05, 0.1) is 12.0 Å². The van der Waals surface area contributed by atoms with E-state index in [4.69, 9.17) is 4.74 Å². The number of aliphatic hydroxyl groups excluding tert-OH is 1. The molecule has 0 unspecified atom stereocenters. The second-order valence-corrected chi connectivity index (χ2v) is 7.03. The van der Waals surface area contributed by atoms with Crippen LogP contribution in [0.1, 0.15) is 29.3 Å². The van der Waals surface area contributed by atoms with Gasteiger partial charge in [0.25, 0.3) is 5.56 Å². The molecule has 1 aliphatic heterocycles. The van der Waals surface area contributed by atoms with Gasteiger partial charge in [0, 0.05) is 31.7 Å². The molecule has 1 atom stereocenters. The summed E-state index contributed by atoms with van der Waals surface area (Å²) in [5, 5.41) is 10.3. The normalized spacial score (nSPS) is 15.5. The second kappa shape index (κ2) is 8.01. The maximum atomic E-state index is 12.3. The first kappa shape index (κ1) is 18.6. The summed E-state index contributed by atoms with van der Waals surface area (Å²) < 4.78 is 7.38. The smallest absolute Gasteiger partial charge is 0.256 e. The number of aromatic nitrogens is 2. The van der Waals surface area contributed by atoms with Crippen LogP contribution in [0, 0.1) is 13.8 Å². The highest BCUT2D eigenvalue weighted by Gasteiger charge is 2.22. The maximum absolute atomic E-state index is 12.3. The molecule has 0 saturated heterocycles. The fourth-order valence-corrected chi connectivity index (χ4v) is 3.46. The number of rotatable bonds is 6. The molecule has 1 aliphatic rings. The molecule has 0 saturated carbocycles. The van der Waals surface area contributed by atoms with Gasteiger partial charge >= 0.3 is 0 Å². The molecular formula is C20H27N3O3. The van der Waals surface area contributed by atoms with Gasteiger partial charge in [0.2, 0.25) is 0 Å². The fraction of sp³-hybridized carbons (Fsp3) is 0.500. The number of hydrogen-bond acceptors (Lipinski definition) is 5. The molecule has 0 spiro atoms. The highest BCUT2D eigenvalue weighted by molar-refractivity contribution is 5.33. The Bertz CT molecular complexity index is 811. The van der Waals surface area contributed by atoms with Gasteiger partial charge in [-0.3, -0.25) is 14.3 Å². The summed E-state index contributed by atoms with van der Waals surface area (Å²) in [7, 11) is 0. The van der Waals surface area contributed by atoms with Gasteiger partial charge in [-0.05, 0) is 50.5 Å². The van der Waals surface area contributed by atoms with Crippen LogP contribution in [-0.4, -0.2) is 45.4 Å². The van der Waals surface area contributed by atoms with Gasteiger partial charge in [-0.15, -0.1) is 0 Å². The number of aryl methyl sites for hydroxylation is 3. The number of nitrogens with zero attached hydrogens (tertiary/aromatic N) is 3. The van der Waals surface area contributed by atoms with E-state index in [0.717, 1.165) is 34.7 Å². The van der Waals surface area contributed by atoms with E-state index in [9.17, 15) is 9.90 Å². The average Bonchev–Trinajstić information content (AvgIpc) is 2.59. The van der Waals surface area contributed by atoms with Gasteiger partial charge in [-0.2, -0.15) is 0 Å². The Labute approximate surface area is 154 Å². The molecular weight excluding hydrogens is 330 g/mol. The third kappa shape index (κ3) is 4.31. The Hall–Kier alpha value is -2.18. The molecule has 0 aliphatic carbocycles. The number of benzene rings is 1. The fourth-order valence-electron chi connectivity index (χ4n) is 3.46. The Morgan fingerprint density at radius 1 is 1.27 bits per heavy atom. The van der Waals surface area contributed by atoms with Crippen molar-refractivity contribution < 1.29 is 9.84 Å². The molecule has 6 heteroatoms. The Balaban J connectivity index is 1.56. The van der Waals surface area contributed by atoms with Crippen LogP contribution in [0.3, 0.4) is 0 Å². The summed E-state index contributed by atoms with van der Waals surface area (Å²) in [6.45, 7) is 8.73. The van der Waals surface area contributed by atoms with Crippen LogP contribution in [0.5, 0.6) is 5.75 Å². The molecule has 140 valence electrons. The summed E-state index contributed by atoms with van der Waals surface area (Å²) in [6.07, 6.45) is 1.70. The van der Waals surface area contributed by atoms with Crippen molar-refractivity contribution in [1.82, 2.24) is 14.5 Å². The quantitative estimate of drug-likeness (QED) is 0.852. The lowest BCUT2D eigenvalue weighted by molar-refractivity contribution is 0.0630. The molecule has 1 N–H and O–H groups in total. The molecule has 26 heavy (non-hydrogen) atoms. The van der Waals surface area contributed by atoms with Crippen LogP contribution in [0.15, 0.2) is 29.3 Å². The summed E-state index contributed by atoms with van der Waals surface area (Å²) in [5.41, 5.74) is 3.99. The molecule has 0 radical (unpaired) electrons. The van der Waals surface area contributed by atoms with Crippen LogP contribution in [0.4, 0.5) is 0 Å². The van der Waals surface area contributed by atoms with Crippen molar-refractivity contribution in [2.75, 3.05) is 19.7 Å². The van der Waals surface area contributed by atoms with Crippen LogP contribution < -0.4 is 10.3 Å². The number of ether oxygens (including phenoxy) is 1. The van der Waals surface area contributed by atoms with E-state index in [1.807, 2.05) is 32.9 Å². The maximum Gasteiger partial charge on any atom is 0.256 e. The highest BCUT2D eigenvalue weighted by atomic mass is 16.5. The Morgan fingerprint density at radius 3 is 2.69 bits per heavy atom. The van der Waals surface area contributed by atoms with Gasteiger partial charge in [0.15, 0.2) is 0 Å². The number of fused-ring (bicyclic) bond motifs is 1. The van der Waals surface area contributed by atoms with E-state index in [1.165, 1.54) is 0 Å². The minimum absolute atomic E-state index is 0.0656. The van der Waals surface area contributed by atoms with Crippen molar-refractivity contribution in [2.24, 2.45) is 0 Å². The largest absolute Gasteiger partial charge is 0.491 e. The highest BCUT2D eigenvalue weighted by Crippen LogP contribution is 2.17. The minimum atomic E-state index is -0.589. The molecule has 1 aromatic heterocycles. The first-order valence-corrected chi connectivity index (χ1v) is 9.15. The zero-order chi connectivity index (χ0) is 18.7. The minimum Gasteiger partial charge on any atom is -0.491 e. The van der Waals surface area contributed by atoms with Crippen LogP contribution >= 0.6 is 0 Å². The Morgan fingerprint density at radius 2 is 2.00 bits per heavy atom. The molecule has 6 nitrogen and oxygen atoms in total. The summed E-state index contributed by atoms with van der Waals surface area (Å²) >= 11 is 0. The van der Waals surface area contributed by atoms with E-state index >= 15 is 0 Å². The average molecular weight is 357 g/mol.